The van der Waals surface area contributed by atoms with Crippen molar-refractivity contribution in [2.45, 2.75) is 31.2 Å². The van der Waals surface area contributed by atoms with Crippen molar-refractivity contribution in [3.05, 3.63) is 204 Å². The van der Waals surface area contributed by atoms with E-state index < -0.39 is 0 Å². The highest BCUT2D eigenvalue weighted by atomic mass is 16.5. The van der Waals surface area contributed by atoms with Crippen LogP contribution in [0.25, 0.3) is 10.9 Å². The van der Waals surface area contributed by atoms with Gasteiger partial charge in [0.05, 0.1) is 0 Å². The fourth-order valence-electron chi connectivity index (χ4n) is 6.80. The van der Waals surface area contributed by atoms with E-state index in [0.717, 1.165) is 46.5 Å². The van der Waals surface area contributed by atoms with Gasteiger partial charge in [0.15, 0.2) is 0 Å². The molecule has 0 aliphatic heterocycles. The number of carbonyl (C=O) groups excluding carboxylic acids is 1. The van der Waals surface area contributed by atoms with Crippen molar-refractivity contribution in [1.82, 2.24) is 9.88 Å². The van der Waals surface area contributed by atoms with E-state index in [9.17, 15) is 4.79 Å². The first kappa shape index (κ1) is 31.7. The molecular formula is C45H40N2O2. The molecule has 1 aromatic heterocycles. The molecule has 0 aliphatic carbocycles. The molecule has 0 unspecified atom stereocenters. The Hall–Kier alpha value is -5.87. The lowest BCUT2D eigenvalue weighted by molar-refractivity contribution is -0.121. The van der Waals surface area contributed by atoms with Crippen molar-refractivity contribution < 1.29 is 9.53 Å². The number of amides is 1. The molecular weight excluding hydrogens is 601 g/mol. The second kappa shape index (κ2) is 15.4. The lowest BCUT2D eigenvalue weighted by atomic mass is 9.87. The third-order valence-corrected chi connectivity index (χ3v) is 9.18. The number of rotatable bonds is 13. The van der Waals surface area contributed by atoms with Gasteiger partial charge in [0.1, 0.15) is 11.5 Å². The van der Waals surface area contributed by atoms with Crippen LogP contribution in [0.1, 0.15) is 52.5 Å². The van der Waals surface area contributed by atoms with Crippen molar-refractivity contribution in [3.8, 4) is 11.5 Å². The molecule has 0 aliphatic rings. The second-order valence-corrected chi connectivity index (χ2v) is 12.5. The predicted octanol–water partition coefficient (Wildman–Crippen LogP) is 10.3. The summed E-state index contributed by atoms with van der Waals surface area (Å²) in [5, 5.41) is 4.45. The summed E-state index contributed by atoms with van der Waals surface area (Å²) < 4.78 is 8.56. The maximum absolute atomic E-state index is 13.9. The fourth-order valence-corrected chi connectivity index (χ4v) is 6.80. The first-order valence-corrected chi connectivity index (χ1v) is 17.0. The number of para-hydroxylation sites is 2. The SMILES string of the molecule is O=C(C[C@H](c1cccc(Oc2ccccc2)c1)c1cn(Cc2ccccc2)c2ccccc12)NCCC(c1ccccc1)c1ccccc1. The summed E-state index contributed by atoms with van der Waals surface area (Å²) in [6, 6.07) is 58.1. The maximum atomic E-state index is 13.9. The molecule has 0 bridgehead atoms. The van der Waals surface area contributed by atoms with Crippen LogP contribution in [0.2, 0.25) is 0 Å². The number of carbonyl (C=O) groups is 1. The van der Waals surface area contributed by atoms with Gasteiger partial charge in [-0.3, -0.25) is 4.79 Å². The summed E-state index contributed by atoms with van der Waals surface area (Å²) in [4.78, 5) is 13.9. The lowest BCUT2D eigenvalue weighted by Crippen LogP contribution is -2.27. The molecule has 1 N–H and O–H groups in total. The van der Waals surface area contributed by atoms with E-state index in [1.165, 1.54) is 16.7 Å². The monoisotopic (exact) mass is 640 g/mol. The number of hydrogen-bond donors (Lipinski definition) is 1. The van der Waals surface area contributed by atoms with Gasteiger partial charge in [-0.15, -0.1) is 0 Å². The van der Waals surface area contributed by atoms with E-state index in [1.54, 1.807) is 0 Å². The minimum atomic E-state index is -0.180. The third kappa shape index (κ3) is 7.82. The molecule has 0 saturated carbocycles. The van der Waals surface area contributed by atoms with Crippen LogP contribution in [-0.4, -0.2) is 17.0 Å². The van der Waals surface area contributed by atoms with Crippen LogP contribution in [-0.2, 0) is 11.3 Å². The van der Waals surface area contributed by atoms with Crippen molar-refractivity contribution in [2.75, 3.05) is 6.54 Å². The molecule has 7 rings (SSSR count). The van der Waals surface area contributed by atoms with Gasteiger partial charge in [0.25, 0.3) is 0 Å². The van der Waals surface area contributed by atoms with Gasteiger partial charge in [0, 0.05) is 48.4 Å². The normalized spacial score (nSPS) is 11.8. The van der Waals surface area contributed by atoms with Gasteiger partial charge in [0.2, 0.25) is 5.91 Å². The van der Waals surface area contributed by atoms with Crippen LogP contribution in [0.5, 0.6) is 11.5 Å². The van der Waals surface area contributed by atoms with Gasteiger partial charge in [-0.25, -0.2) is 0 Å². The summed E-state index contributed by atoms with van der Waals surface area (Å²) in [7, 11) is 0. The van der Waals surface area contributed by atoms with Crippen molar-refractivity contribution in [1.29, 1.82) is 0 Å². The van der Waals surface area contributed by atoms with Gasteiger partial charge in [-0.1, -0.05) is 140 Å². The van der Waals surface area contributed by atoms with Gasteiger partial charge in [-0.05, 0) is 64.6 Å². The molecule has 1 atom stereocenters. The molecule has 6 aromatic carbocycles. The first-order chi connectivity index (χ1) is 24.2. The standard InChI is InChI=1S/C45H40N2O2/c48-45(46-29-28-40(35-18-7-2-8-19-35)36-20-9-3-10-21-36)31-42(37-22-15-25-39(30-37)49-38-23-11-4-12-24-38)43-33-47(32-34-16-5-1-6-17-34)44-27-14-13-26-41(43)44/h1-27,30,33,40,42H,28-29,31-32H2,(H,46,48)/t42-/m1/s1. The largest absolute Gasteiger partial charge is 0.457 e. The van der Waals surface area contributed by atoms with Crippen LogP contribution < -0.4 is 10.1 Å². The van der Waals surface area contributed by atoms with E-state index >= 15 is 0 Å². The number of benzene rings is 6. The average Bonchev–Trinajstić information content (AvgIpc) is 3.51. The van der Waals surface area contributed by atoms with E-state index in [4.69, 9.17) is 4.74 Å². The Bertz CT molecular complexity index is 2050. The molecule has 0 radical (unpaired) electrons. The van der Waals surface area contributed by atoms with E-state index in [2.05, 4.69) is 125 Å². The van der Waals surface area contributed by atoms with Crippen molar-refractivity contribution in [2.24, 2.45) is 0 Å². The lowest BCUT2D eigenvalue weighted by Gasteiger charge is -2.20. The predicted molar refractivity (Wildman–Crippen MR) is 199 cm³/mol. The molecule has 0 saturated heterocycles. The number of nitrogens with zero attached hydrogens (tertiary/aromatic N) is 1. The van der Waals surface area contributed by atoms with Gasteiger partial charge < -0.3 is 14.6 Å². The van der Waals surface area contributed by atoms with E-state index in [-0.39, 0.29) is 17.7 Å². The fraction of sp³-hybridized carbons (Fsp3) is 0.133. The first-order valence-electron chi connectivity index (χ1n) is 17.0. The Morgan fingerprint density at radius 1 is 0.592 bits per heavy atom. The highest BCUT2D eigenvalue weighted by molar-refractivity contribution is 5.87. The highest BCUT2D eigenvalue weighted by Gasteiger charge is 2.24. The smallest absolute Gasteiger partial charge is 0.220 e. The van der Waals surface area contributed by atoms with Crippen LogP contribution >= 0.6 is 0 Å². The maximum Gasteiger partial charge on any atom is 0.220 e. The van der Waals surface area contributed by atoms with Gasteiger partial charge in [-0.2, -0.15) is 0 Å². The zero-order valence-corrected chi connectivity index (χ0v) is 27.5. The third-order valence-electron chi connectivity index (χ3n) is 9.18. The summed E-state index contributed by atoms with van der Waals surface area (Å²) in [6.45, 7) is 1.32. The summed E-state index contributed by atoms with van der Waals surface area (Å²) >= 11 is 0. The number of aromatic nitrogens is 1. The minimum absolute atomic E-state index is 0.0270. The van der Waals surface area contributed by atoms with Crippen LogP contribution in [0.3, 0.4) is 0 Å². The molecule has 0 spiro atoms. The Morgan fingerprint density at radius 2 is 1.16 bits per heavy atom. The number of hydrogen-bond acceptors (Lipinski definition) is 2. The summed E-state index contributed by atoms with van der Waals surface area (Å²) in [5.41, 5.74) is 7.05. The average molecular weight is 641 g/mol. The number of nitrogens with one attached hydrogen (secondary N) is 1. The van der Waals surface area contributed by atoms with Crippen LogP contribution in [0, 0.1) is 0 Å². The summed E-state index contributed by atoms with van der Waals surface area (Å²) in [5.74, 6) is 1.57. The second-order valence-electron chi connectivity index (χ2n) is 12.5. The number of ether oxygens (including phenoxy) is 1. The minimum Gasteiger partial charge on any atom is -0.457 e. The molecule has 0 fully saturated rings. The van der Waals surface area contributed by atoms with Crippen molar-refractivity contribution >= 4 is 16.8 Å². The zero-order chi connectivity index (χ0) is 33.3. The quantitative estimate of drug-likeness (QED) is 0.136. The molecule has 242 valence electrons. The molecule has 1 amide bonds. The molecule has 1 heterocycles. The molecule has 49 heavy (non-hydrogen) atoms. The van der Waals surface area contributed by atoms with E-state index in [1.807, 2.05) is 60.7 Å². The Morgan fingerprint density at radius 3 is 1.86 bits per heavy atom. The van der Waals surface area contributed by atoms with Gasteiger partial charge >= 0.3 is 0 Å². The molecule has 4 heteroatoms. The van der Waals surface area contributed by atoms with Crippen molar-refractivity contribution in [3.63, 3.8) is 0 Å². The molecule has 7 aromatic rings. The molecule has 4 nitrogen and oxygen atoms in total. The number of fused-ring (bicyclic) bond motifs is 1. The zero-order valence-electron chi connectivity index (χ0n) is 27.5. The topological polar surface area (TPSA) is 43.3 Å². The Labute approximate surface area is 288 Å². The Balaban J connectivity index is 1.18. The van der Waals surface area contributed by atoms with E-state index in [0.29, 0.717) is 13.0 Å². The van der Waals surface area contributed by atoms with Crippen LogP contribution in [0.4, 0.5) is 0 Å². The summed E-state index contributed by atoms with van der Waals surface area (Å²) in [6.07, 6.45) is 3.36. The van der Waals surface area contributed by atoms with Crippen LogP contribution in [0.15, 0.2) is 176 Å². The highest BCUT2D eigenvalue weighted by Crippen LogP contribution is 2.37. The Kier molecular flexibility index (Phi) is 9.94.